The number of sulfonamides is 1. The van der Waals surface area contributed by atoms with Gasteiger partial charge in [0.1, 0.15) is 0 Å². The predicted octanol–water partition coefficient (Wildman–Crippen LogP) is 3.52. The number of para-hydroxylation sites is 1. The third-order valence-corrected chi connectivity index (χ3v) is 6.43. The maximum absolute atomic E-state index is 12.7. The molecule has 4 nitrogen and oxygen atoms in total. The summed E-state index contributed by atoms with van der Waals surface area (Å²) in [4.78, 5) is 2.00. The first-order valence-electron chi connectivity index (χ1n) is 8.17. The SMILES string of the molecule is Cc1ccccc1N1CCN(S(=O)(=O)c2ccc(C(F)(F)F)cc2)CC1. The Morgan fingerprint density at radius 1 is 0.885 bits per heavy atom. The van der Waals surface area contributed by atoms with Gasteiger partial charge in [0.05, 0.1) is 10.5 Å². The van der Waals surface area contributed by atoms with Crippen molar-refractivity contribution < 1.29 is 21.6 Å². The molecule has 0 unspecified atom stereocenters. The smallest absolute Gasteiger partial charge is 0.369 e. The average Bonchev–Trinajstić information content (AvgIpc) is 2.62. The van der Waals surface area contributed by atoms with Crippen LogP contribution in [-0.4, -0.2) is 38.9 Å². The first-order chi connectivity index (χ1) is 12.2. The monoisotopic (exact) mass is 384 g/mol. The number of hydrogen-bond acceptors (Lipinski definition) is 3. The summed E-state index contributed by atoms with van der Waals surface area (Å²) in [5.41, 5.74) is 1.33. The summed E-state index contributed by atoms with van der Waals surface area (Å²) < 4.78 is 64.6. The Bertz CT molecular complexity index is 872. The summed E-state index contributed by atoms with van der Waals surface area (Å²) in [6.07, 6.45) is -4.48. The van der Waals surface area contributed by atoms with Crippen LogP contribution in [0.1, 0.15) is 11.1 Å². The molecule has 1 fully saturated rings. The molecule has 1 aliphatic rings. The number of piperazine rings is 1. The van der Waals surface area contributed by atoms with Crippen LogP contribution in [0.4, 0.5) is 18.9 Å². The lowest BCUT2D eigenvalue weighted by molar-refractivity contribution is -0.137. The van der Waals surface area contributed by atoms with Crippen molar-refractivity contribution in [2.24, 2.45) is 0 Å². The number of rotatable bonds is 3. The van der Waals surface area contributed by atoms with Crippen LogP contribution in [0.5, 0.6) is 0 Å². The molecule has 0 aromatic heterocycles. The second kappa shape index (κ2) is 6.92. The standard InChI is InChI=1S/C18H19F3N2O2S/c1-14-4-2-3-5-17(14)22-10-12-23(13-11-22)26(24,25)16-8-6-15(7-9-16)18(19,20)21/h2-9H,10-13H2,1H3. The largest absolute Gasteiger partial charge is 0.416 e. The molecule has 0 aliphatic carbocycles. The summed E-state index contributed by atoms with van der Waals surface area (Å²) in [5.74, 6) is 0. The van der Waals surface area contributed by atoms with E-state index in [2.05, 4.69) is 4.90 Å². The van der Waals surface area contributed by atoms with Gasteiger partial charge in [0.15, 0.2) is 0 Å². The van der Waals surface area contributed by atoms with Crippen LogP contribution in [0.15, 0.2) is 53.4 Å². The second-order valence-electron chi connectivity index (χ2n) is 6.20. The molecule has 0 amide bonds. The Morgan fingerprint density at radius 3 is 2.00 bits per heavy atom. The molecular weight excluding hydrogens is 365 g/mol. The van der Waals surface area contributed by atoms with E-state index in [9.17, 15) is 21.6 Å². The third kappa shape index (κ3) is 3.71. The van der Waals surface area contributed by atoms with Crippen molar-refractivity contribution in [1.82, 2.24) is 4.31 Å². The molecule has 1 saturated heterocycles. The van der Waals surface area contributed by atoms with Crippen LogP contribution in [0.3, 0.4) is 0 Å². The van der Waals surface area contributed by atoms with Crippen LogP contribution >= 0.6 is 0 Å². The maximum Gasteiger partial charge on any atom is 0.416 e. The Morgan fingerprint density at radius 2 is 1.46 bits per heavy atom. The maximum atomic E-state index is 12.7. The predicted molar refractivity (Wildman–Crippen MR) is 93.6 cm³/mol. The van der Waals surface area contributed by atoms with Crippen molar-refractivity contribution in [2.75, 3.05) is 31.1 Å². The zero-order valence-electron chi connectivity index (χ0n) is 14.2. The Kier molecular flexibility index (Phi) is 4.98. The molecule has 140 valence electrons. The topological polar surface area (TPSA) is 40.6 Å². The Hall–Kier alpha value is -2.06. The highest BCUT2D eigenvalue weighted by atomic mass is 32.2. The number of anilines is 1. The number of nitrogens with zero attached hydrogens (tertiary/aromatic N) is 2. The fourth-order valence-electron chi connectivity index (χ4n) is 3.05. The van der Waals surface area contributed by atoms with Crippen molar-refractivity contribution in [1.29, 1.82) is 0 Å². The zero-order valence-corrected chi connectivity index (χ0v) is 15.0. The van der Waals surface area contributed by atoms with E-state index in [4.69, 9.17) is 0 Å². The lowest BCUT2D eigenvalue weighted by Gasteiger charge is -2.36. The minimum absolute atomic E-state index is 0.116. The summed E-state index contributed by atoms with van der Waals surface area (Å²) in [6.45, 7) is 3.64. The van der Waals surface area contributed by atoms with E-state index in [1.807, 2.05) is 31.2 Å². The molecule has 8 heteroatoms. The fraction of sp³-hybridized carbons (Fsp3) is 0.333. The first-order valence-corrected chi connectivity index (χ1v) is 9.61. The number of benzene rings is 2. The lowest BCUT2D eigenvalue weighted by Crippen LogP contribution is -2.48. The average molecular weight is 384 g/mol. The van der Waals surface area contributed by atoms with Gasteiger partial charge >= 0.3 is 6.18 Å². The number of alkyl halides is 3. The fourth-order valence-corrected chi connectivity index (χ4v) is 4.47. The summed E-state index contributed by atoms with van der Waals surface area (Å²) >= 11 is 0. The van der Waals surface area contributed by atoms with Gasteiger partial charge in [-0.15, -0.1) is 0 Å². The molecule has 26 heavy (non-hydrogen) atoms. The highest BCUT2D eigenvalue weighted by Gasteiger charge is 2.32. The normalized spacial score (nSPS) is 16.7. The molecule has 2 aromatic rings. The summed E-state index contributed by atoms with van der Waals surface area (Å²) in [7, 11) is -3.80. The van der Waals surface area contributed by atoms with Crippen molar-refractivity contribution >= 4 is 15.7 Å². The minimum Gasteiger partial charge on any atom is -0.369 e. The quantitative estimate of drug-likeness (QED) is 0.813. The minimum atomic E-state index is -4.48. The molecule has 0 spiro atoms. The highest BCUT2D eigenvalue weighted by molar-refractivity contribution is 7.89. The molecule has 0 N–H and O–H groups in total. The first kappa shape index (κ1) is 18.7. The summed E-state index contributed by atoms with van der Waals surface area (Å²) in [6, 6.07) is 11.5. The van der Waals surface area contributed by atoms with E-state index < -0.39 is 21.8 Å². The number of aryl methyl sites for hydroxylation is 1. The van der Waals surface area contributed by atoms with Crippen molar-refractivity contribution in [3.63, 3.8) is 0 Å². The number of halogens is 3. The molecule has 2 aromatic carbocycles. The Labute approximate surface area is 150 Å². The van der Waals surface area contributed by atoms with E-state index in [0.717, 1.165) is 35.5 Å². The van der Waals surface area contributed by atoms with Gasteiger partial charge in [-0.3, -0.25) is 0 Å². The van der Waals surface area contributed by atoms with E-state index in [-0.39, 0.29) is 18.0 Å². The molecular formula is C18H19F3N2O2S. The van der Waals surface area contributed by atoms with Gasteiger partial charge in [-0.05, 0) is 42.8 Å². The summed E-state index contributed by atoms with van der Waals surface area (Å²) in [5, 5.41) is 0. The van der Waals surface area contributed by atoms with E-state index >= 15 is 0 Å². The number of hydrogen-bond donors (Lipinski definition) is 0. The molecule has 1 heterocycles. The lowest BCUT2D eigenvalue weighted by atomic mass is 10.1. The van der Waals surface area contributed by atoms with Gasteiger partial charge in [-0.25, -0.2) is 8.42 Å². The molecule has 0 bridgehead atoms. The van der Waals surface area contributed by atoms with Crippen LogP contribution < -0.4 is 4.90 Å². The van der Waals surface area contributed by atoms with Gasteiger partial charge in [-0.1, -0.05) is 18.2 Å². The van der Waals surface area contributed by atoms with Crippen molar-refractivity contribution in [2.45, 2.75) is 18.0 Å². The van der Waals surface area contributed by atoms with Gasteiger partial charge in [-0.2, -0.15) is 17.5 Å². The van der Waals surface area contributed by atoms with Gasteiger partial charge < -0.3 is 4.90 Å². The second-order valence-corrected chi connectivity index (χ2v) is 8.14. The van der Waals surface area contributed by atoms with Crippen LogP contribution in [0.2, 0.25) is 0 Å². The van der Waals surface area contributed by atoms with E-state index in [1.165, 1.54) is 4.31 Å². The van der Waals surface area contributed by atoms with Gasteiger partial charge in [0.25, 0.3) is 0 Å². The third-order valence-electron chi connectivity index (χ3n) is 4.51. The zero-order chi connectivity index (χ0) is 18.9. The molecule has 1 aliphatic heterocycles. The molecule has 0 atom stereocenters. The van der Waals surface area contributed by atoms with Gasteiger partial charge in [0.2, 0.25) is 10.0 Å². The van der Waals surface area contributed by atoms with Crippen molar-refractivity contribution in [3.05, 3.63) is 59.7 Å². The van der Waals surface area contributed by atoms with Gasteiger partial charge in [0, 0.05) is 31.9 Å². The molecule has 3 rings (SSSR count). The van der Waals surface area contributed by atoms with Crippen LogP contribution in [0, 0.1) is 6.92 Å². The van der Waals surface area contributed by atoms with Crippen LogP contribution in [-0.2, 0) is 16.2 Å². The highest BCUT2D eigenvalue weighted by Crippen LogP contribution is 2.30. The van der Waals surface area contributed by atoms with E-state index in [0.29, 0.717) is 13.1 Å². The van der Waals surface area contributed by atoms with Crippen molar-refractivity contribution in [3.8, 4) is 0 Å². The van der Waals surface area contributed by atoms with Crippen LogP contribution in [0.25, 0.3) is 0 Å². The van der Waals surface area contributed by atoms with E-state index in [1.54, 1.807) is 0 Å². The molecule has 0 saturated carbocycles. The Balaban J connectivity index is 1.73. The molecule has 0 radical (unpaired) electrons.